The number of rotatable bonds is 6. The van der Waals surface area contributed by atoms with Crippen molar-refractivity contribution >= 4 is 10.0 Å². The van der Waals surface area contributed by atoms with Crippen LogP contribution >= 0.6 is 0 Å². The van der Waals surface area contributed by atoms with Gasteiger partial charge in [0.2, 0.25) is 10.0 Å². The normalized spacial score (nSPS) is 17.2. The molecule has 0 spiro atoms. The highest BCUT2D eigenvalue weighted by Gasteiger charge is 2.29. The van der Waals surface area contributed by atoms with Crippen LogP contribution in [-0.4, -0.2) is 15.0 Å². The Morgan fingerprint density at radius 3 is 2.55 bits per heavy atom. The number of nitrogens with two attached hydrogens (primary N) is 1. The number of benzene rings is 1. The summed E-state index contributed by atoms with van der Waals surface area (Å²) in [5.74, 6) is 1.10. The SMILES string of the molecule is Cc1cc(CN)cc(S(=O)(=O)NCC(C)C2CC2)c1C. The van der Waals surface area contributed by atoms with Crippen molar-refractivity contribution in [3.8, 4) is 0 Å². The lowest BCUT2D eigenvalue weighted by atomic mass is 10.1. The molecular weight excluding hydrogens is 272 g/mol. The van der Waals surface area contributed by atoms with E-state index in [0.717, 1.165) is 16.7 Å². The van der Waals surface area contributed by atoms with E-state index >= 15 is 0 Å². The van der Waals surface area contributed by atoms with Gasteiger partial charge in [-0.15, -0.1) is 0 Å². The highest BCUT2D eigenvalue weighted by Crippen LogP contribution is 2.36. The van der Waals surface area contributed by atoms with Crippen LogP contribution < -0.4 is 10.5 Å². The largest absolute Gasteiger partial charge is 0.326 e. The molecule has 0 bridgehead atoms. The molecule has 1 atom stereocenters. The van der Waals surface area contributed by atoms with Crippen molar-refractivity contribution in [2.75, 3.05) is 6.54 Å². The molecule has 112 valence electrons. The highest BCUT2D eigenvalue weighted by atomic mass is 32.2. The van der Waals surface area contributed by atoms with Gasteiger partial charge in [-0.05, 0) is 61.3 Å². The summed E-state index contributed by atoms with van der Waals surface area (Å²) in [6, 6.07) is 3.63. The van der Waals surface area contributed by atoms with Gasteiger partial charge in [-0.2, -0.15) is 0 Å². The fourth-order valence-corrected chi connectivity index (χ4v) is 3.96. The van der Waals surface area contributed by atoms with Gasteiger partial charge < -0.3 is 5.73 Å². The predicted octanol–water partition coefficient (Wildman–Crippen LogP) is 2.09. The maximum absolute atomic E-state index is 12.5. The summed E-state index contributed by atoms with van der Waals surface area (Å²) in [4.78, 5) is 0.362. The first-order valence-corrected chi connectivity index (χ1v) is 8.63. The fourth-order valence-electron chi connectivity index (χ4n) is 2.45. The Kier molecular flexibility index (Phi) is 4.52. The Bertz CT molecular complexity index is 592. The van der Waals surface area contributed by atoms with Gasteiger partial charge in [0.05, 0.1) is 4.90 Å². The summed E-state index contributed by atoms with van der Waals surface area (Å²) in [5, 5.41) is 0. The molecule has 5 heteroatoms. The molecule has 0 heterocycles. The van der Waals surface area contributed by atoms with Crippen molar-refractivity contribution in [1.29, 1.82) is 0 Å². The standard InChI is InChI=1S/C15H24N2O2S/c1-10-6-13(8-16)7-15(12(10)3)20(18,19)17-9-11(2)14-4-5-14/h6-7,11,14,17H,4-5,8-9,16H2,1-3H3. The monoisotopic (exact) mass is 296 g/mol. The first-order chi connectivity index (χ1) is 9.35. The minimum Gasteiger partial charge on any atom is -0.326 e. The van der Waals surface area contributed by atoms with Gasteiger partial charge in [-0.25, -0.2) is 13.1 Å². The Labute approximate surface area is 121 Å². The van der Waals surface area contributed by atoms with E-state index in [1.54, 1.807) is 6.07 Å². The molecule has 1 saturated carbocycles. The lowest BCUT2D eigenvalue weighted by Gasteiger charge is -2.15. The summed E-state index contributed by atoms with van der Waals surface area (Å²) in [6.07, 6.45) is 2.45. The zero-order valence-electron chi connectivity index (χ0n) is 12.4. The first kappa shape index (κ1) is 15.5. The second kappa shape index (κ2) is 5.84. The molecule has 0 aromatic heterocycles. The Morgan fingerprint density at radius 2 is 2.00 bits per heavy atom. The lowest BCUT2D eigenvalue weighted by molar-refractivity contribution is 0.491. The molecule has 1 aromatic carbocycles. The number of hydrogen-bond acceptors (Lipinski definition) is 3. The van der Waals surface area contributed by atoms with Crippen molar-refractivity contribution in [2.24, 2.45) is 17.6 Å². The average molecular weight is 296 g/mol. The third-order valence-electron chi connectivity index (χ3n) is 4.23. The van der Waals surface area contributed by atoms with Crippen molar-refractivity contribution in [3.63, 3.8) is 0 Å². The van der Waals surface area contributed by atoms with E-state index in [1.165, 1.54) is 12.8 Å². The molecule has 4 nitrogen and oxygen atoms in total. The molecule has 0 radical (unpaired) electrons. The average Bonchev–Trinajstić information content (AvgIpc) is 3.23. The molecule has 1 aromatic rings. The van der Waals surface area contributed by atoms with E-state index in [4.69, 9.17) is 5.73 Å². The summed E-state index contributed by atoms with van der Waals surface area (Å²) in [6.45, 7) is 6.73. The van der Waals surface area contributed by atoms with Crippen LogP contribution in [0.1, 0.15) is 36.5 Å². The molecule has 1 aliphatic carbocycles. The van der Waals surface area contributed by atoms with E-state index < -0.39 is 10.0 Å². The van der Waals surface area contributed by atoms with Crippen molar-refractivity contribution in [1.82, 2.24) is 4.72 Å². The van der Waals surface area contributed by atoms with Crippen LogP contribution in [0.4, 0.5) is 0 Å². The molecular formula is C15H24N2O2S. The maximum Gasteiger partial charge on any atom is 0.240 e. The quantitative estimate of drug-likeness (QED) is 0.844. The topological polar surface area (TPSA) is 72.2 Å². The van der Waals surface area contributed by atoms with E-state index in [-0.39, 0.29) is 0 Å². The first-order valence-electron chi connectivity index (χ1n) is 7.15. The van der Waals surface area contributed by atoms with Gasteiger partial charge >= 0.3 is 0 Å². The van der Waals surface area contributed by atoms with Gasteiger partial charge in [0.25, 0.3) is 0 Å². The van der Waals surface area contributed by atoms with Crippen LogP contribution in [0.5, 0.6) is 0 Å². The Morgan fingerprint density at radius 1 is 1.35 bits per heavy atom. The molecule has 0 amide bonds. The second-order valence-electron chi connectivity index (χ2n) is 5.91. The number of nitrogens with one attached hydrogen (secondary N) is 1. The van der Waals surface area contributed by atoms with Gasteiger partial charge in [0, 0.05) is 13.1 Å². The minimum atomic E-state index is -3.45. The van der Waals surface area contributed by atoms with Crippen molar-refractivity contribution < 1.29 is 8.42 Å². The van der Waals surface area contributed by atoms with Gasteiger partial charge in [0.15, 0.2) is 0 Å². The zero-order chi connectivity index (χ0) is 14.9. The summed E-state index contributed by atoms with van der Waals surface area (Å²) in [5.41, 5.74) is 8.25. The maximum atomic E-state index is 12.5. The molecule has 1 unspecified atom stereocenters. The van der Waals surface area contributed by atoms with E-state index in [1.807, 2.05) is 19.9 Å². The zero-order valence-corrected chi connectivity index (χ0v) is 13.3. The van der Waals surface area contributed by atoms with Gasteiger partial charge in [-0.1, -0.05) is 13.0 Å². The third-order valence-corrected chi connectivity index (χ3v) is 5.78. The van der Waals surface area contributed by atoms with Gasteiger partial charge in [0.1, 0.15) is 0 Å². The number of hydrogen-bond donors (Lipinski definition) is 2. The molecule has 1 aliphatic rings. The third kappa shape index (κ3) is 3.40. The van der Waals surface area contributed by atoms with Crippen LogP contribution in [-0.2, 0) is 16.6 Å². The summed E-state index contributed by atoms with van der Waals surface area (Å²) in [7, 11) is -3.45. The van der Waals surface area contributed by atoms with Crippen LogP contribution in [0, 0.1) is 25.7 Å². The number of aryl methyl sites for hydroxylation is 1. The van der Waals surface area contributed by atoms with E-state index in [0.29, 0.717) is 29.8 Å². The van der Waals surface area contributed by atoms with E-state index in [2.05, 4.69) is 11.6 Å². The molecule has 3 N–H and O–H groups in total. The molecule has 1 fully saturated rings. The van der Waals surface area contributed by atoms with Crippen molar-refractivity contribution in [3.05, 3.63) is 28.8 Å². The highest BCUT2D eigenvalue weighted by molar-refractivity contribution is 7.89. The van der Waals surface area contributed by atoms with Crippen LogP contribution in [0.15, 0.2) is 17.0 Å². The van der Waals surface area contributed by atoms with Crippen molar-refractivity contribution in [2.45, 2.75) is 45.1 Å². The molecule has 0 saturated heterocycles. The number of sulfonamides is 1. The Balaban J connectivity index is 2.21. The molecule has 0 aliphatic heterocycles. The molecule has 2 rings (SSSR count). The minimum absolute atomic E-state index is 0.349. The molecule has 20 heavy (non-hydrogen) atoms. The van der Waals surface area contributed by atoms with Crippen LogP contribution in [0.3, 0.4) is 0 Å². The lowest BCUT2D eigenvalue weighted by Crippen LogP contribution is -2.30. The summed E-state index contributed by atoms with van der Waals surface area (Å²) >= 11 is 0. The predicted molar refractivity (Wildman–Crippen MR) is 80.9 cm³/mol. The fraction of sp³-hybridized carbons (Fsp3) is 0.600. The van der Waals surface area contributed by atoms with E-state index in [9.17, 15) is 8.42 Å². The Hall–Kier alpha value is -0.910. The van der Waals surface area contributed by atoms with Gasteiger partial charge in [-0.3, -0.25) is 0 Å². The summed E-state index contributed by atoms with van der Waals surface area (Å²) < 4.78 is 27.7. The van der Waals surface area contributed by atoms with Crippen LogP contribution in [0.2, 0.25) is 0 Å². The van der Waals surface area contributed by atoms with Crippen LogP contribution in [0.25, 0.3) is 0 Å². The second-order valence-corrected chi connectivity index (χ2v) is 7.64. The smallest absolute Gasteiger partial charge is 0.240 e.